The lowest BCUT2D eigenvalue weighted by atomic mass is 9.93. The largest absolute Gasteiger partial charge is 0.419 e. The summed E-state index contributed by atoms with van der Waals surface area (Å²) in [5, 5.41) is 61.8. The van der Waals surface area contributed by atoms with Gasteiger partial charge in [-0.3, -0.25) is 14.4 Å². The van der Waals surface area contributed by atoms with Gasteiger partial charge in [0.25, 0.3) is 0 Å². The number of anilines is 3. The fraction of sp³-hybridized carbons (Fsp3) is 0.571. The van der Waals surface area contributed by atoms with Gasteiger partial charge < -0.3 is 70.9 Å². The molecule has 576 valence electrons. The summed E-state index contributed by atoms with van der Waals surface area (Å²) < 4.78 is 53.9. The van der Waals surface area contributed by atoms with Crippen LogP contribution in [0.2, 0.25) is 10.0 Å². The van der Waals surface area contributed by atoms with E-state index < -0.39 is 52.9 Å². The van der Waals surface area contributed by atoms with Gasteiger partial charge >= 0.3 is 6.18 Å². The summed E-state index contributed by atoms with van der Waals surface area (Å²) in [6.45, 7) is 27.6. The molecular weight excluding hydrogens is 1410 g/mol. The monoisotopic (exact) mass is 1510 g/mol. The molecule has 106 heavy (non-hydrogen) atoms. The van der Waals surface area contributed by atoms with Crippen LogP contribution in [-0.4, -0.2) is 216 Å². The Bertz CT molecular complexity index is 3990. The zero-order chi connectivity index (χ0) is 76.7. The third-order valence-corrected chi connectivity index (χ3v) is 21.9. The van der Waals surface area contributed by atoms with Crippen molar-refractivity contribution in [3.63, 3.8) is 0 Å². The van der Waals surface area contributed by atoms with Crippen LogP contribution in [0.15, 0.2) is 85.7 Å². The minimum absolute atomic E-state index is 0.0242. The number of carbonyl (C=O) groups is 3. The molecule has 0 bridgehead atoms. The van der Waals surface area contributed by atoms with E-state index in [0.29, 0.717) is 139 Å². The maximum Gasteiger partial charge on any atom is 0.419 e. The second-order valence-electron chi connectivity index (χ2n) is 30.9. The smallest absolute Gasteiger partial charge is 0.394 e. The van der Waals surface area contributed by atoms with Crippen molar-refractivity contribution in [2.45, 2.75) is 172 Å². The first-order valence-electron chi connectivity index (χ1n) is 36.8. The van der Waals surface area contributed by atoms with E-state index in [0.717, 1.165) is 69.1 Å². The summed E-state index contributed by atoms with van der Waals surface area (Å²) in [6, 6.07) is 17.5. The van der Waals surface area contributed by atoms with E-state index in [1.165, 1.54) is 25.0 Å². The van der Waals surface area contributed by atoms with E-state index in [1.54, 1.807) is 43.0 Å². The van der Waals surface area contributed by atoms with Gasteiger partial charge in [0.15, 0.2) is 0 Å². The van der Waals surface area contributed by atoms with Crippen LogP contribution >= 0.6 is 23.2 Å². The molecule has 0 saturated carbocycles. The Balaban J connectivity index is 0.000000170. The van der Waals surface area contributed by atoms with Crippen LogP contribution in [0.3, 0.4) is 0 Å². The van der Waals surface area contributed by atoms with E-state index in [4.69, 9.17) is 23.2 Å². The summed E-state index contributed by atoms with van der Waals surface area (Å²) in [5.74, 6) is -0.0952. The first kappa shape index (κ1) is 81.2. The van der Waals surface area contributed by atoms with Crippen LogP contribution in [0, 0.1) is 5.82 Å². The number of fused-ring (bicyclic) bond motifs is 3. The molecule has 6 aromatic rings. The molecule has 3 fully saturated rings. The number of alkyl halides is 3. The van der Waals surface area contributed by atoms with Gasteiger partial charge in [-0.2, -0.15) is 13.2 Å². The summed E-state index contributed by atoms with van der Waals surface area (Å²) in [7, 11) is 0. The number of nitrogens with zero attached hydrogens (tertiary/aromatic N) is 12. The van der Waals surface area contributed by atoms with Crippen molar-refractivity contribution >= 4 is 58.4 Å². The zero-order valence-corrected chi connectivity index (χ0v) is 63.7. The maximum absolute atomic E-state index is 14.5. The number of rotatable bonds is 21. The highest BCUT2D eigenvalue weighted by Crippen LogP contribution is 2.46. The third kappa shape index (κ3) is 19.6. The molecule has 8 N–H and O–H groups in total. The maximum atomic E-state index is 14.5. The number of carbonyl (C=O) groups excluding carboxylic acids is 3. The molecule has 3 aliphatic carbocycles. The second kappa shape index (κ2) is 34.5. The van der Waals surface area contributed by atoms with Crippen LogP contribution in [0.1, 0.15) is 205 Å². The van der Waals surface area contributed by atoms with E-state index in [2.05, 4.69) is 74.4 Å². The fourth-order valence-corrected chi connectivity index (χ4v) is 15.1. The third-order valence-electron chi connectivity index (χ3n) is 21.4. The van der Waals surface area contributed by atoms with Crippen LogP contribution < -0.4 is 30.7 Å². The molecule has 9 atom stereocenters. The molecule has 0 radical (unpaired) electrons. The Morgan fingerprint density at radius 2 is 0.840 bits per heavy atom. The number of amides is 3. The number of hydrogen-bond donors (Lipinski definition) is 8. The van der Waals surface area contributed by atoms with Gasteiger partial charge in [-0.15, -0.1) is 0 Å². The summed E-state index contributed by atoms with van der Waals surface area (Å²) >= 11 is 12.1. The van der Waals surface area contributed by atoms with E-state index in [1.807, 2.05) is 75.6 Å². The second-order valence-corrected chi connectivity index (χ2v) is 31.7. The molecule has 29 heteroatoms. The standard InChI is InChI=1S/C27H35F4N5O2.2C25H34ClN5O3/c1-5-26(3,4)34-14-18(17-6-7-19(20(28)13-17)27(29,30)31)25(38)36-10-8-35(9-11-36)24-22-16(2)12-21(37)23(22)32-15-33-24;1-16-12-20(33)22-21(16)23(28-15-27-22)30-8-10-31(11-9-30)24(34)19(13-29-25(2,3)14-32)17-4-6-18(26)7-5-17;1-16-12-20(32)22-21(16)23(29-15-28-22)30-8-10-31(11-9-30)24(33)19(13-27-14-25(2,3)34)17-4-6-18(26)7-5-17/h6-7,13,15-16,18,21,34,37H,5,8-12,14H2,1-4H3;4-7,15-16,19-20,29,32-33H,8-14H2,1-3H3;4-7,15-16,19-20,27,32,34H,8-14H2,1-3H3/t16-,18-,21-;2*16-,19-,20-/m111/s1. The predicted molar refractivity (Wildman–Crippen MR) is 400 cm³/mol. The number of halogens is 6. The van der Waals surface area contributed by atoms with Crippen LogP contribution in [-0.2, 0) is 20.6 Å². The molecule has 0 unspecified atom stereocenters. The van der Waals surface area contributed by atoms with E-state index in [9.17, 15) is 57.5 Å². The lowest BCUT2D eigenvalue weighted by molar-refractivity contribution is -0.140. The minimum Gasteiger partial charge on any atom is -0.394 e. The summed E-state index contributed by atoms with van der Waals surface area (Å²) in [5.41, 5.74) is 4.11. The molecule has 6 aliphatic rings. The summed E-state index contributed by atoms with van der Waals surface area (Å²) in [6.07, 6.45) is 0.690. The van der Waals surface area contributed by atoms with Gasteiger partial charge in [0, 0.05) is 143 Å². The van der Waals surface area contributed by atoms with Crippen LogP contribution in [0.25, 0.3) is 0 Å². The number of nitrogens with one attached hydrogen (secondary N) is 3. The SMILES string of the molecule is CCC(C)(C)NC[C@@H](C(=O)N1CCN(c2ncnc3c2[C@H](C)C[C@H]3O)CC1)c1ccc(C(F)(F)F)c(F)c1.C[C@@H]1C[C@@H](O)c2ncnc(N3CCN(C(=O)[C@H](CNC(C)(C)CO)c4ccc(Cl)cc4)CC3)c21.C[C@@H]1C[C@@H](O)c2ncnc(N3CCN(C(=O)[C@H](CNCC(C)(C)O)c4ccc(Cl)cc4)CC3)c21. The number of benzene rings is 3. The van der Waals surface area contributed by atoms with Crippen molar-refractivity contribution in [1.82, 2.24) is 60.6 Å². The summed E-state index contributed by atoms with van der Waals surface area (Å²) in [4.78, 5) is 79.3. The fourth-order valence-electron chi connectivity index (χ4n) is 14.8. The predicted octanol–water partition coefficient (Wildman–Crippen LogP) is 9.31. The van der Waals surface area contributed by atoms with Crippen molar-refractivity contribution in [2.75, 3.05) is 126 Å². The average molecular weight is 1510 g/mol. The first-order valence-corrected chi connectivity index (χ1v) is 37.5. The number of aromatic nitrogens is 6. The zero-order valence-electron chi connectivity index (χ0n) is 62.2. The Morgan fingerprint density at radius 1 is 0.509 bits per heavy atom. The molecule has 3 aromatic carbocycles. The Morgan fingerprint density at radius 3 is 1.16 bits per heavy atom. The van der Waals surface area contributed by atoms with Crippen LogP contribution in [0.5, 0.6) is 0 Å². The topological polar surface area (TPSA) is 285 Å². The van der Waals surface area contributed by atoms with Crippen molar-refractivity contribution in [3.8, 4) is 0 Å². The number of aliphatic hydroxyl groups excluding tert-OH is 4. The van der Waals surface area contributed by atoms with Gasteiger partial charge in [0.2, 0.25) is 17.7 Å². The van der Waals surface area contributed by atoms with Crippen molar-refractivity contribution < 1.29 is 57.5 Å². The number of hydrogen-bond acceptors (Lipinski definition) is 20. The van der Waals surface area contributed by atoms with E-state index >= 15 is 0 Å². The van der Waals surface area contributed by atoms with Crippen molar-refractivity contribution in [3.05, 3.63) is 158 Å². The first-order chi connectivity index (χ1) is 50.2. The number of piperazine rings is 3. The quantitative estimate of drug-likeness (QED) is 0.0311. The molecule has 23 nitrogen and oxygen atoms in total. The Kier molecular flexibility index (Phi) is 26.4. The van der Waals surface area contributed by atoms with Crippen molar-refractivity contribution in [1.29, 1.82) is 0 Å². The highest BCUT2D eigenvalue weighted by molar-refractivity contribution is 6.30. The minimum atomic E-state index is -4.81. The van der Waals surface area contributed by atoms with Crippen LogP contribution in [0.4, 0.5) is 35.0 Å². The van der Waals surface area contributed by atoms with Gasteiger partial charge in [0.05, 0.1) is 70.9 Å². The average Bonchev–Trinajstić information content (AvgIpc) is 1.56. The molecular formula is C77H103Cl2F4N15O8. The van der Waals surface area contributed by atoms with Gasteiger partial charge in [-0.25, -0.2) is 34.3 Å². The Hall–Kier alpha value is -7.31. The number of aliphatic hydroxyl groups is 5. The van der Waals surface area contributed by atoms with Crippen molar-refractivity contribution in [2.24, 2.45) is 0 Å². The van der Waals surface area contributed by atoms with Gasteiger partial charge in [-0.05, 0) is 138 Å². The lowest BCUT2D eigenvalue weighted by Gasteiger charge is -2.38. The van der Waals surface area contributed by atoms with Gasteiger partial charge in [0.1, 0.15) is 42.3 Å². The highest BCUT2D eigenvalue weighted by atomic mass is 35.5. The lowest BCUT2D eigenvalue weighted by Crippen LogP contribution is -2.52. The molecule has 3 saturated heterocycles. The van der Waals surface area contributed by atoms with E-state index in [-0.39, 0.29) is 71.6 Å². The normalized spacial score (nSPS) is 21.3. The highest BCUT2D eigenvalue weighted by Gasteiger charge is 2.41. The molecule has 3 aliphatic heterocycles. The molecule has 3 aromatic heterocycles. The molecule has 0 spiro atoms. The molecule has 6 heterocycles. The molecule has 3 amide bonds. The van der Waals surface area contributed by atoms with Gasteiger partial charge in [-0.1, -0.05) is 81.2 Å². The molecule has 12 rings (SSSR count). The Labute approximate surface area is 628 Å².